The Morgan fingerprint density at radius 3 is 2.52 bits per heavy atom. The van der Waals surface area contributed by atoms with Gasteiger partial charge in [-0.2, -0.15) is 13.2 Å². The van der Waals surface area contributed by atoms with E-state index in [1.54, 1.807) is 30.3 Å². The van der Waals surface area contributed by atoms with Crippen LogP contribution in [-0.2, 0) is 4.84 Å². The lowest BCUT2D eigenvalue weighted by Crippen LogP contribution is -2.56. The summed E-state index contributed by atoms with van der Waals surface area (Å²) in [5, 5.41) is 14.2. The van der Waals surface area contributed by atoms with Crippen molar-refractivity contribution >= 4 is 11.8 Å². The number of oxime groups is 1. The Morgan fingerprint density at radius 1 is 1.38 bits per heavy atom. The number of nitro groups is 1. The molecule has 0 N–H and O–H groups in total. The monoisotopic (exact) mass is 300 g/mol. The minimum Gasteiger partial charge on any atom is -0.367 e. The highest BCUT2D eigenvalue weighted by Gasteiger charge is 2.70. The van der Waals surface area contributed by atoms with E-state index in [0.29, 0.717) is 11.6 Å². The van der Waals surface area contributed by atoms with E-state index >= 15 is 0 Å². The molecule has 0 fully saturated rings. The average Bonchev–Trinajstić information content (AvgIpc) is 2.75. The third kappa shape index (κ3) is 2.61. The lowest BCUT2D eigenvalue weighted by Gasteiger charge is -2.27. The summed E-state index contributed by atoms with van der Waals surface area (Å²) >= 11 is 0. The van der Waals surface area contributed by atoms with Gasteiger partial charge in [-0.25, -0.2) is 0 Å². The number of hydrogen-bond donors (Lipinski definition) is 0. The van der Waals surface area contributed by atoms with Crippen molar-refractivity contribution < 1.29 is 22.9 Å². The van der Waals surface area contributed by atoms with E-state index in [0.717, 1.165) is 13.0 Å². The molecule has 0 aliphatic carbocycles. The Kier molecular flexibility index (Phi) is 3.71. The first kappa shape index (κ1) is 15.0. The molecule has 2 atom stereocenters. The second kappa shape index (κ2) is 5.19. The van der Waals surface area contributed by atoms with Gasteiger partial charge in [0.25, 0.3) is 0 Å². The van der Waals surface area contributed by atoms with E-state index in [1.807, 2.05) is 0 Å². The average molecular weight is 300 g/mol. The summed E-state index contributed by atoms with van der Waals surface area (Å²) in [6.07, 6.45) is -3.19. The van der Waals surface area contributed by atoms with Gasteiger partial charge in [-0.05, 0) is 18.6 Å². The quantitative estimate of drug-likeness (QED) is 0.636. The molecule has 0 amide bonds. The molecule has 112 valence electrons. The van der Waals surface area contributed by atoms with Gasteiger partial charge < -0.3 is 4.84 Å². The number of nitrogens with zero attached hydrogens (tertiary/aromatic N) is 2. The van der Waals surface area contributed by atoms with Crippen molar-refractivity contribution in [2.24, 2.45) is 5.16 Å². The van der Waals surface area contributed by atoms with Crippen LogP contribution in [0.4, 0.5) is 13.2 Å². The number of halogens is 3. The predicted molar refractivity (Wildman–Crippen MR) is 69.2 cm³/mol. The van der Waals surface area contributed by atoms with Crippen LogP contribution in [0.15, 0.2) is 41.6 Å². The molecule has 0 bridgehead atoms. The maximum atomic E-state index is 13.3. The summed E-state index contributed by atoms with van der Waals surface area (Å²) < 4.78 is 40.0. The fourth-order valence-electron chi connectivity index (χ4n) is 2.07. The molecule has 1 heterocycles. The van der Waals surface area contributed by atoms with E-state index in [9.17, 15) is 23.3 Å². The molecule has 0 radical (unpaired) electrons. The summed E-state index contributed by atoms with van der Waals surface area (Å²) in [5.74, 6) is 0. The van der Waals surface area contributed by atoms with Gasteiger partial charge in [-0.15, -0.1) is 0 Å². The van der Waals surface area contributed by atoms with Gasteiger partial charge in [0.2, 0.25) is 0 Å². The summed E-state index contributed by atoms with van der Waals surface area (Å²) in [4.78, 5) is 14.4. The van der Waals surface area contributed by atoms with E-state index in [4.69, 9.17) is 0 Å². The SMILES string of the molecule is CC1=NO[C@](/C=C/c2ccccc2)(C(F)(F)F)[C@H]1[N+](=O)[O-]. The number of rotatable bonds is 3. The van der Waals surface area contributed by atoms with Crippen LogP contribution in [0.1, 0.15) is 12.5 Å². The van der Waals surface area contributed by atoms with E-state index in [-0.39, 0.29) is 5.71 Å². The highest BCUT2D eigenvalue weighted by molar-refractivity contribution is 5.89. The fourth-order valence-corrected chi connectivity index (χ4v) is 2.07. The van der Waals surface area contributed by atoms with Crippen molar-refractivity contribution in [1.82, 2.24) is 0 Å². The van der Waals surface area contributed by atoms with Crippen LogP contribution >= 0.6 is 0 Å². The number of benzene rings is 1. The molecular weight excluding hydrogens is 289 g/mol. The first-order valence-electron chi connectivity index (χ1n) is 5.95. The highest BCUT2D eigenvalue weighted by atomic mass is 19.4. The fraction of sp³-hybridized carbons (Fsp3) is 0.308. The minimum absolute atomic E-state index is 0.324. The Labute approximate surface area is 117 Å². The van der Waals surface area contributed by atoms with Gasteiger partial charge >= 0.3 is 17.8 Å². The van der Waals surface area contributed by atoms with Crippen LogP contribution in [0.25, 0.3) is 6.08 Å². The molecule has 5 nitrogen and oxygen atoms in total. The van der Waals surface area contributed by atoms with Crippen LogP contribution in [0, 0.1) is 10.1 Å². The summed E-state index contributed by atoms with van der Waals surface area (Å²) in [6.45, 7) is 1.14. The Hall–Kier alpha value is -2.38. The maximum absolute atomic E-state index is 13.3. The third-order valence-electron chi connectivity index (χ3n) is 3.12. The summed E-state index contributed by atoms with van der Waals surface area (Å²) in [5.41, 5.74) is -2.94. The largest absolute Gasteiger partial charge is 0.442 e. The van der Waals surface area contributed by atoms with E-state index in [1.165, 1.54) is 0 Å². The number of alkyl halides is 3. The van der Waals surface area contributed by atoms with E-state index < -0.39 is 22.7 Å². The molecule has 1 aliphatic rings. The summed E-state index contributed by atoms with van der Waals surface area (Å²) in [6, 6.07) is 6.03. The number of hydrogen-bond acceptors (Lipinski definition) is 4. The second-order valence-electron chi connectivity index (χ2n) is 4.55. The lowest BCUT2D eigenvalue weighted by molar-refractivity contribution is -0.531. The zero-order valence-corrected chi connectivity index (χ0v) is 10.9. The van der Waals surface area contributed by atoms with Crippen molar-refractivity contribution in [3.8, 4) is 0 Å². The Balaban J connectivity index is 2.45. The molecule has 0 unspecified atom stereocenters. The molecule has 0 aromatic heterocycles. The van der Waals surface area contributed by atoms with Gasteiger partial charge in [-0.3, -0.25) is 10.1 Å². The topological polar surface area (TPSA) is 64.7 Å². The lowest BCUT2D eigenvalue weighted by atomic mass is 9.90. The van der Waals surface area contributed by atoms with Crippen molar-refractivity contribution in [2.75, 3.05) is 0 Å². The molecule has 0 spiro atoms. The van der Waals surface area contributed by atoms with Crippen molar-refractivity contribution in [3.63, 3.8) is 0 Å². The summed E-state index contributed by atoms with van der Waals surface area (Å²) in [7, 11) is 0. The second-order valence-corrected chi connectivity index (χ2v) is 4.55. The molecule has 1 aromatic carbocycles. The molecule has 0 saturated carbocycles. The Bertz CT molecular complexity index is 598. The van der Waals surface area contributed by atoms with Crippen LogP contribution in [-0.4, -0.2) is 28.5 Å². The van der Waals surface area contributed by atoms with Crippen LogP contribution in [0.3, 0.4) is 0 Å². The van der Waals surface area contributed by atoms with Crippen LogP contribution in [0.2, 0.25) is 0 Å². The van der Waals surface area contributed by atoms with Crippen molar-refractivity contribution in [3.05, 3.63) is 52.1 Å². The molecule has 8 heteroatoms. The smallest absolute Gasteiger partial charge is 0.367 e. The molecule has 1 aliphatic heterocycles. The zero-order chi connectivity index (χ0) is 15.7. The Morgan fingerprint density at radius 2 is 2.00 bits per heavy atom. The standard InChI is InChI=1S/C13H11F3N2O3/c1-9-11(18(19)20)12(21-17-9,13(14,15)16)8-7-10-5-3-2-4-6-10/h2-8,11H,1H3/b8-7+/t11-,12-/m0/s1. The molecule has 21 heavy (non-hydrogen) atoms. The highest BCUT2D eigenvalue weighted by Crippen LogP contribution is 2.43. The predicted octanol–water partition coefficient (Wildman–Crippen LogP) is 3.05. The van der Waals surface area contributed by atoms with E-state index in [2.05, 4.69) is 9.99 Å². The van der Waals surface area contributed by atoms with Gasteiger partial charge in [0.15, 0.2) is 0 Å². The van der Waals surface area contributed by atoms with Crippen molar-refractivity contribution in [2.45, 2.75) is 24.7 Å². The first-order valence-corrected chi connectivity index (χ1v) is 5.95. The van der Waals surface area contributed by atoms with Gasteiger partial charge in [-0.1, -0.05) is 41.6 Å². The molecule has 1 aromatic rings. The van der Waals surface area contributed by atoms with Crippen LogP contribution in [0.5, 0.6) is 0 Å². The maximum Gasteiger partial charge on any atom is 0.442 e. The van der Waals surface area contributed by atoms with Gasteiger partial charge in [0.1, 0.15) is 5.71 Å². The third-order valence-corrected chi connectivity index (χ3v) is 3.12. The first-order chi connectivity index (χ1) is 9.78. The minimum atomic E-state index is -4.97. The normalized spacial score (nSPS) is 25.7. The molecular formula is C13H11F3N2O3. The zero-order valence-electron chi connectivity index (χ0n) is 10.9. The van der Waals surface area contributed by atoms with Gasteiger partial charge in [0, 0.05) is 4.92 Å². The van der Waals surface area contributed by atoms with Crippen LogP contribution < -0.4 is 0 Å². The van der Waals surface area contributed by atoms with Gasteiger partial charge in [0.05, 0.1) is 0 Å². The van der Waals surface area contributed by atoms with Crippen molar-refractivity contribution in [1.29, 1.82) is 0 Å². The molecule has 2 rings (SSSR count). The molecule has 0 saturated heterocycles.